The molecule has 0 N–H and O–H groups in total. The summed E-state index contributed by atoms with van der Waals surface area (Å²) in [7, 11) is 0. The fourth-order valence-corrected chi connectivity index (χ4v) is 1.75. The predicted octanol–water partition coefficient (Wildman–Crippen LogP) is 3.55. The van der Waals surface area contributed by atoms with Crippen molar-refractivity contribution in [2.45, 2.75) is 4.90 Å². The summed E-state index contributed by atoms with van der Waals surface area (Å²) in [6.45, 7) is 0. The van der Waals surface area contributed by atoms with E-state index in [2.05, 4.69) is 12.6 Å². The standard InChI is InChI=1S/C12H9NO2S/c14-13(15)10-6-7-12(16)11(8-10)9-4-2-1-3-5-9/h1-8,16H. The number of benzene rings is 2. The minimum atomic E-state index is -0.403. The molecule has 0 aliphatic carbocycles. The van der Waals surface area contributed by atoms with Gasteiger partial charge in [-0.1, -0.05) is 30.3 Å². The van der Waals surface area contributed by atoms with Crippen molar-refractivity contribution in [1.29, 1.82) is 0 Å². The molecule has 0 atom stereocenters. The summed E-state index contributed by atoms with van der Waals surface area (Å²) in [6.07, 6.45) is 0. The van der Waals surface area contributed by atoms with E-state index in [9.17, 15) is 10.1 Å². The summed E-state index contributed by atoms with van der Waals surface area (Å²) in [6, 6.07) is 14.1. The fourth-order valence-electron chi connectivity index (χ4n) is 1.49. The van der Waals surface area contributed by atoms with E-state index in [0.717, 1.165) is 16.0 Å². The van der Waals surface area contributed by atoms with Crippen LogP contribution >= 0.6 is 12.6 Å². The third-order valence-electron chi connectivity index (χ3n) is 2.28. The number of nitro groups is 1. The predicted molar refractivity (Wildman–Crippen MR) is 65.8 cm³/mol. The molecule has 0 saturated carbocycles. The van der Waals surface area contributed by atoms with Crippen molar-refractivity contribution in [3.63, 3.8) is 0 Å². The van der Waals surface area contributed by atoms with Crippen molar-refractivity contribution < 1.29 is 4.92 Å². The van der Waals surface area contributed by atoms with E-state index in [1.807, 2.05) is 30.3 Å². The molecule has 0 aliphatic heterocycles. The number of hydrogen-bond acceptors (Lipinski definition) is 3. The van der Waals surface area contributed by atoms with E-state index in [1.165, 1.54) is 12.1 Å². The zero-order valence-electron chi connectivity index (χ0n) is 8.33. The number of non-ortho nitro benzene ring substituents is 1. The Hall–Kier alpha value is -1.81. The summed E-state index contributed by atoms with van der Waals surface area (Å²) in [5.74, 6) is 0. The van der Waals surface area contributed by atoms with Gasteiger partial charge in [-0.25, -0.2) is 0 Å². The second-order valence-electron chi connectivity index (χ2n) is 3.32. The first-order valence-corrected chi connectivity index (χ1v) is 5.16. The van der Waals surface area contributed by atoms with Crippen molar-refractivity contribution >= 4 is 18.3 Å². The highest BCUT2D eigenvalue weighted by molar-refractivity contribution is 7.80. The van der Waals surface area contributed by atoms with Crippen LogP contribution in [0.1, 0.15) is 0 Å². The molecule has 0 heterocycles. The third-order valence-corrected chi connectivity index (χ3v) is 2.67. The van der Waals surface area contributed by atoms with Gasteiger partial charge < -0.3 is 0 Å². The Morgan fingerprint density at radius 2 is 1.75 bits per heavy atom. The van der Waals surface area contributed by atoms with Crippen LogP contribution < -0.4 is 0 Å². The molecular formula is C12H9NO2S. The van der Waals surface area contributed by atoms with Gasteiger partial charge in [0.2, 0.25) is 0 Å². The molecule has 0 saturated heterocycles. The summed E-state index contributed by atoms with van der Waals surface area (Å²) < 4.78 is 0. The Bertz CT molecular complexity index is 526. The van der Waals surface area contributed by atoms with Crippen LogP contribution in [-0.4, -0.2) is 4.92 Å². The van der Waals surface area contributed by atoms with E-state index < -0.39 is 4.92 Å². The van der Waals surface area contributed by atoms with Gasteiger partial charge in [0.05, 0.1) is 4.92 Å². The fraction of sp³-hybridized carbons (Fsp3) is 0. The lowest BCUT2D eigenvalue weighted by atomic mass is 10.1. The van der Waals surface area contributed by atoms with E-state index in [-0.39, 0.29) is 5.69 Å². The SMILES string of the molecule is O=[N+]([O-])c1ccc(S)c(-c2ccccc2)c1. The highest BCUT2D eigenvalue weighted by atomic mass is 32.1. The smallest absolute Gasteiger partial charge is 0.258 e. The zero-order valence-corrected chi connectivity index (χ0v) is 9.22. The van der Waals surface area contributed by atoms with Gasteiger partial charge in [0.1, 0.15) is 0 Å². The molecular weight excluding hydrogens is 222 g/mol. The third kappa shape index (κ3) is 2.06. The van der Waals surface area contributed by atoms with Crippen LogP contribution in [0.25, 0.3) is 11.1 Å². The molecule has 4 heteroatoms. The molecule has 3 nitrogen and oxygen atoms in total. The van der Waals surface area contributed by atoms with Crippen LogP contribution in [0.5, 0.6) is 0 Å². The lowest BCUT2D eigenvalue weighted by Crippen LogP contribution is -1.89. The van der Waals surface area contributed by atoms with Gasteiger partial charge in [0.25, 0.3) is 5.69 Å². The first kappa shape index (κ1) is 10.7. The van der Waals surface area contributed by atoms with Crippen molar-refractivity contribution in [3.8, 4) is 11.1 Å². The Kier molecular flexibility index (Phi) is 2.92. The van der Waals surface area contributed by atoms with Gasteiger partial charge in [0.15, 0.2) is 0 Å². The van der Waals surface area contributed by atoms with Crippen LogP contribution in [0.4, 0.5) is 5.69 Å². The topological polar surface area (TPSA) is 43.1 Å². The Morgan fingerprint density at radius 1 is 1.06 bits per heavy atom. The molecule has 0 amide bonds. The van der Waals surface area contributed by atoms with E-state index in [0.29, 0.717) is 0 Å². The number of rotatable bonds is 2. The molecule has 0 spiro atoms. The first-order chi connectivity index (χ1) is 7.68. The van der Waals surface area contributed by atoms with Crippen LogP contribution in [0, 0.1) is 10.1 Å². The van der Waals surface area contributed by atoms with Gasteiger partial charge in [-0.2, -0.15) is 0 Å². The maximum Gasteiger partial charge on any atom is 0.270 e. The molecule has 0 aromatic heterocycles. The lowest BCUT2D eigenvalue weighted by Gasteiger charge is -2.04. The number of thiol groups is 1. The lowest BCUT2D eigenvalue weighted by molar-refractivity contribution is -0.384. The van der Waals surface area contributed by atoms with E-state index >= 15 is 0 Å². The average molecular weight is 231 g/mol. The molecule has 16 heavy (non-hydrogen) atoms. The molecule has 0 bridgehead atoms. The van der Waals surface area contributed by atoms with Gasteiger partial charge >= 0.3 is 0 Å². The molecule has 2 aromatic carbocycles. The first-order valence-electron chi connectivity index (χ1n) is 4.71. The molecule has 0 fully saturated rings. The molecule has 2 rings (SSSR count). The average Bonchev–Trinajstić information content (AvgIpc) is 2.30. The van der Waals surface area contributed by atoms with Crippen LogP contribution in [0.2, 0.25) is 0 Å². The highest BCUT2D eigenvalue weighted by Crippen LogP contribution is 2.29. The molecule has 0 aliphatic rings. The Morgan fingerprint density at radius 3 is 2.38 bits per heavy atom. The number of nitro benzene ring substituents is 1. The largest absolute Gasteiger partial charge is 0.270 e. The van der Waals surface area contributed by atoms with Gasteiger partial charge in [-0.3, -0.25) is 10.1 Å². The van der Waals surface area contributed by atoms with E-state index in [1.54, 1.807) is 6.07 Å². The van der Waals surface area contributed by atoms with Crippen molar-refractivity contribution in [2.75, 3.05) is 0 Å². The van der Waals surface area contributed by atoms with Crippen molar-refractivity contribution in [3.05, 3.63) is 58.6 Å². The molecule has 0 radical (unpaired) electrons. The number of nitrogens with zero attached hydrogens (tertiary/aromatic N) is 1. The van der Waals surface area contributed by atoms with Crippen LogP contribution in [0.15, 0.2) is 53.4 Å². The quantitative estimate of drug-likeness (QED) is 0.488. The van der Waals surface area contributed by atoms with Crippen molar-refractivity contribution in [2.24, 2.45) is 0 Å². The molecule has 2 aromatic rings. The van der Waals surface area contributed by atoms with Crippen molar-refractivity contribution in [1.82, 2.24) is 0 Å². The summed E-state index contributed by atoms with van der Waals surface area (Å²) >= 11 is 4.30. The summed E-state index contributed by atoms with van der Waals surface area (Å²) in [4.78, 5) is 11.0. The van der Waals surface area contributed by atoms with E-state index in [4.69, 9.17) is 0 Å². The maximum atomic E-state index is 10.7. The normalized spacial score (nSPS) is 10.1. The van der Waals surface area contributed by atoms with Crippen LogP contribution in [-0.2, 0) is 0 Å². The second-order valence-corrected chi connectivity index (χ2v) is 3.81. The summed E-state index contributed by atoms with van der Waals surface area (Å²) in [5, 5.41) is 10.7. The maximum absolute atomic E-state index is 10.7. The van der Waals surface area contributed by atoms with Gasteiger partial charge in [-0.05, 0) is 11.6 Å². The molecule has 80 valence electrons. The highest BCUT2D eigenvalue weighted by Gasteiger charge is 2.09. The molecule has 0 unspecified atom stereocenters. The number of hydrogen-bond donors (Lipinski definition) is 1. The Balaban J connectivity index is 2.56. The Labute approximate surface area is 98.3 Å². The van der Waals surface area contributed by atoms with Crippen LogP contribution in [0.3, 0.4) is 0 Å². The van der Waals surface area contributed by atoms with Gasteiger partial charge in [0, 0.05) is 22.6 Å². The monoisotopic (exact) mass is 231 g/mol. The minimum absolute atomic E-state index is 0.0802. The van der Waals surface area contributed by atoms with Gasteiger partial charge in [-0.15, -0.1) is 12.6 Å². The minimum Gasteiger partial charge on any atom is -0.258 e. The second kappa shape index (κ2) is 4.37. The zero-order chi connectivity index (χ0) is 11.5. The summed E-state index contributed by atoms with van der Waals surface area (Å²) in [5.41, 5.74) is 1.78.